The highest BCUT2D eigenvalue weighted by Crippen LogP contribution is 2.45. The molecule has 2 aliphatic carbocycles. The van der Waals surface area contributed by atoms with Crippen LogP contribution in [0.15, 0.2) is 53.3 Å². The number of benzene rings is 1. The summed E-state index contributed by atoms with van der Waals surface area (Å²) in [6.45, 7) is 2.79. The number of fused-ring (bicyclic) bond motifs is 3. The molecule has 2 N–H and O–H groups in total. The summed E-state index contributed by atoms with van der Waals surface area (Å²) in [7, 11) is 0. The number of Topliss-reactive ketones (excluding diaryl/α,β-unsaturated/α-hetero) is 1. The summed E-state index contributed by atoms with van der Waals surface area (Å²) < 4.78 is 0. The highest BCUT2D eigenvalue weighted by atomic mass is 16.3. The molecule has 1 aromatic carbocycles. The second-order valence-corrected chi connectivity index (χ2v) is 6.47. The molecule has 0 unspecified atom stereocenters. The van der Waals surface area contributed by atoms with Crippen molar-refractivity contribution in [2.75, 3.05) is 26.2 Å². The van der Waals surface area contributed by atoms with Crippen molar-refractivity contribution in [3.8, 4) is 0 Å². The van der Waals surface area contributed by atoms with Gasteiger partial charge in [-0.3, -0.25) is 9.59 Å². The maximum Gasteiger partial charge on any atom is 0.196 e. The minimum atomic E-state index is 0.0224. The van der Waals surface area contributed by atoms with E-state index in [1.165, 1.54) is 6.08 Å². The Balaban J connectivity index is 1.75. The van der Waals surface area contributed by atoms with Gasteiger partial charge in [0.15, 0.2) is 11.6 Å². The van der Waals surface area contributed by atoms with Crippen LogP contribution in [0.25, 0.3) is 5.57 Å². The van der Waals surface area contributed by atoms with Crippen molar-refractivity contribution in [1.82, 2.24) is 10.2 Å². The zero-order valence-electron chi connectivity index (χ0n) is 13.9. The Hall–Kier alpha value is -2.50. The van der Waals surface area contributed by atoms with Crippen molar-refractivity contribution in [2.24, 2.45) is 0 Å². The van der Waals surface area contributed by atoms with E-state index >= 15 is 0 Å². The van der Waals surface area contributed by atoms with Crippen LogP contribution in [0.2, 0.25) is 0 Å². The minimum Gasteiger partial charge on any atom is -0.395 e. The second kappa shape index (κ2) is 6.43. The number of carbonyl (C=O) groups excluding carboxylic acids is 2. The van der Waals surface area contributed by atoms with Crippen LogP contribution in [0.3, 0.4) is 0 Å². The molecule has 0 spiro atoms. The highest BCUT2D eigenvalue weighted by molar-refractivity contribution is 6.35. The lowest BCUT2D eigenvalue weighted by Crippen LogP contribution is -2.35. The number of rotatable bonds is 5. The van der Waals surface area contributed by atoms with Crippen LogP contribution < -0.4 is 5.32 Å². The fraction of sp³-hybridized carbons (Fsp3) is 0.300. The number of aliphatic hydroxyl groups is 1. The Bertz CT molecular complexity index is 848. The highest BCUT2D eigenvalue weighted by Gasteiger charge is 2.39. The van der Waals surface area contributed by atoms with Crippen LogP contribution in [-0.4, -0.2) is 47.8 Å². The molecule has 1 aromatic rings. The molecule has 0 saturated heterocycles. The van der Waals surface area contributed by atoms with E-state index in [0.717, 1.165) is 41.1 Å². The summed E-state index contributed by atoms with van der Waals surface area (Å²) in [6, 6.07) is 7.99. The Kier molecular flexibility index (Phi) is 4.11. The zero-order valence-corrected chi connectivity index (χ0v) is 13.9. The van der Waals surface area contributed by atoms with Crippen molar-refractivity contribution >= 4 is 17.1 Å². The quantitative estimate of drug-likeness (QED) is 0.791. The molecule has 1 aliphatic heterocycles. The third-order valence-corrected chi connectivity index (χ3v) is 4.92. The molecule has 3 aliphatic rings. The SMILES string of the molecule is O=C1C=CC2=C(C1)C1=C(C2=O)c2ccccc2CN1CCNCCO. The fourth-order valence-corrected chi connectivity index (χ4v) is 3.82. The van der Waals surface area contributed by atoms with Crippen molar-refractivity contribution < 1.29 is 14.7 Å². The number of aliphatic hydroxyl groups excluding tert-OH is 1. The molecule has 5 nitrogen and oxygen atoms in total. The molecule has 0 fully saturated rings. The molecule has 0 bridgehead atoms. The average molecular weight is 336 g/mol. The first-order valence-corrected chi connectivity index (χ1v) is 8.59. The van der Waals surface area contributed by atoms with Gasteiger partial charge in [-0.1, -0.05) is 24.3 Å². The Morgan fingerprint density at radius 1 is 1.12 bits per heavy atom. The monoisotopic (exact) mass is 336 g/mol. The van der Waals surface area contributed by atoms with Crippen molar-refractivity contribution in [3.63, 3.8) is 0 Å². The number of carbonyl (C=O) groups is 2. The van der Waals surface area contributed by atoms with Gasteiger partial charge in [0.1, 0.15) is 0 Å². The van der Waals surface area contributed by atoms with Crippen LogP contribution in [0.1, 0.15) is 17.5 Å². The topological polar surface area (TPSA) is 69.6 Å². The zero-order chi connectivity index (χ0) is 17.4. The maximum absolute atomic E-state index is 13.0. The first kappa shape index (κ1) is 16.0. The summed E-state index contributed by atoms with van der Waals surface area (Å²) >= 11 is 0. The van der Waals surface area contributed by atoms with E-state index in [4.69, 9.17) is 5.11 Å². The van der Waals surface area contributed by atoms with E-state index in [2.05, 4.69) is 16.3 Å². The van der Waals surface area contributed by atoms with Crippen LogP contribution >= 0.6 is 0 Å². The van der Waals surface area contributed by atoms with E-state index in [9.17, 15) is 9.59 Å². The maximum atomic E-state index is 13.0. The third-order valence-electron chi connectivity index (χ3n) is 4.92. The number of hydrogen-bond acceptors (Lipinski definition) is 5. The van der Waals surface area contributed by atoms with Gasteiger partial charge >= 0.3 is 0 Å². The molecule has 0 aromatic heterocycles. The average Bonchev–Trinajstić information content (AvgIpc) is 2.91. The van der Waals surface area contributed by atoms with Gasteiger partial charge in [-0.25, -0.2) is 0 Å². The first-order chi connectivity index (χ1) is 12.2. The van der Waals surface area contributed by atoms with Gasteiger partial charge in [0.25, 0.3) is 0 Å². The molecular weight excluding hydrogens is 316 g/mol. The van der Waals surface area contributed by atoms with E-state index in [1.54, 1.807) is 6.08 Å². The van der Waals surface area contributed by atoms with Crippen molar-refractivity contribution in [3.05, 3.63) is 64.4 Å². The molecule has 1 heterocycles. The molecule has 128 valence electrons. The van der Waals surface area contributed by atoms with Crippen LogP contribution in [0.4, 0.5) is 0 Å². The predicted molar refractivity (Wildman–Crippen MR) is 94.5 cm³/mol. The molecule has 0 amide bonds. The van der Waals surface area contributed by atoms with Crippen molar-refractivity contribution in [2.45, 2.75) is 13.0 Å². The first-order valence-electron chi connectivity index (χ1n) is 8.59. The van der Waals surface area contributed by atoms with Crippen LogP contribution in [-0.2, 0) is 16.1 Å². The largest absolute Gasteiger partial charge is 0.395 e. The van der Waals surface area contributed by atoms with Gasteiger partial charge in [0, 0.05) is 38.2 Å². The lowest BCUT2D eigenvalue weighted by atomic mass is 9.92. The van der Waals surface area contributed by atoms with E-state index in [1.807, 2.05) is 18.2 Å². The van der Waals surface area contributed by atoms with Crippen LogP contribution in [0, 0.1) is 0 Å². The molecule has 4 rings (SSSR count). The molecule has 25 heavy (non-hydrogen) atoms. The van der Waals surface area contributed by atoms with E-state index in [0.29, 0.717) is 25.1 Å². The number of nitrogens with zero attached hydrogens (tertiary/aromatic N) is 1. The van der Waals surface area contributed by atoms with Gasteiger partial charge in [0.05, 0.1) is 17.9 Å². The standard InChI is InChI=1S/C20H20N2O3/c23-10-8-21-7-9-22-12-13-3-1-2-4-15(13)18-19(22)17-11-14(24)5-6-16(17)20(18)25/h1-6,21,23H,7-12H2. The van der Waals surface area contributed by atoms with Crippen LogP contribution in [0.5, 0.6) is 0 Å². The number of ketones is 2. The minimum absolute atomic E-state index is 0.0224. The normalized spacial score (nSPS) is 18.7. The van der Waals surface area contributed by atoms with Gasteiger partial charge in [0.2, 0.25) is 0 Å². The summed E-state index contributed by atoms with van der Waals surface area (Å²) in [6.07, 6.45) is 3.47. The Morgan fingerprint density at radius 2 is 1.96 bits per heavy atom. The fourth-order valence-electron chi connectivity index (χ4n) is 3.82. The number of allylic oxidation sites excluding steroid dienone is 5. The van der Waals surface area contributed by atoms with Crippen molar-refractivity contribution in [1.29, 1.82) is 0 Å². The Labute approximate surface area is 146 Å². The summed E-state index contributed by atoms with van der Waals surface area (Å²) in [4.78, 5) is 27.1. The van der Waals surface area contributed by atoms with Gasteiger partial charge in [-0.05, 0) is 28.9 Å². The molecule has 5 heteroatoms. The summed E-state index contributed by atoms with van der Waals surface area (Å²) in [5.41, 5.74) is 5.29. The van der Waals surface area contributed by atoms with Gasteiger partial charge in [-0.2, -0.15) is 0 Å². The third kappa shape index (κ3) is 2.65. The molecule has 0 radical (unpaired) electrons. The molecular formula is C20H20N2O3. The Morgan fingerprint density at radius 3 is 2.80 bits per heavy atom. The molecule has 0 saturated carbocycles. The molecule has 0 atom stereocenters. The lowest BCUT2D eigenvalue weighted by molar-refractivity contribution is -0.114. The van der Waals surface area contributed by atoms with Gasteiger partial charge < -0.3 is 15.3 Å². The second-order valence-electron chi connectivity index (χ2n) is 6.47. The van der Waals surface area contributed by atoms with E-state index < -0.39 is 0 Å². The lowest BCUT2D eigenvalue weighted by Gasteiger charge is -2.33. The van der Waals surface area contributed by atoms with Gasteiger partial charge in [-0.15, -0.1) is 0 Å². The number of nitrogens with one attached hydrogen (secondary N) is 1. The summed E-state index contributed by atoms with van der Waals surface area (Å²) in [5, 5.41) is 12.1. The summed E-state index contributed by atoms with van der Waals surface area (Å²) in [5.74, 6) is 0.0618. The van der Waals surface area contributed by atoms with E-state index in [-0.39, 0.29) is 18.2 Å². The number of hydrogen-bond donors (Lipinski definition) is 2. The predicted octanol–water partition coefficient (Wildman–Crippen LogP) is 1.20. The smallest absolute Gasteiger partial charge is 0.196 e.